The van der Waals surface area contributed by atoms with E-state index in [2.05, 4.69) is 10.0 Å². The molecular weight excluding hydrogens is 396 g/mol. The van der Waals surface area contributed by atoms with Crippen molar-refractivity contribution in [2.24, 2.45) is 0 Å². The first kappa shape index (κ1) is 22.1. The quantitative estimate of drug-likeness (QED) is 0.503. The Morgan fingerprint density at radius 1 is 1.10 bits per heavy atom. The third-order valence-electron chi connectivity index (χ3n) is 3.85. The lowest BCUT2D eigenvalue weighted by molar-refractivity contribution is -0.137. The van der Waals surface area contributed by atoms with E-state index < -0.39 is 21.9 Å². The Morgan fingerprint density at radius 2 is 1.79 bits per heavy atom. The molecule has 0 saturated heterocycles. The highest BCUT2D eigenvalue weighted by molar-refractivity contribution is 7.89. The van der Waals surface area contributed by atoms with Gasteiger partial charge in [-0.25, -0.2) is 17.9 Å². The highest BCUT2D eigenvalue weighted by Gasteiger charge is 2.20. The number of methoxy groups -OCH3 is 1. The van der Waals surface area contributed by atoms with Gasteiger partial charge >= 0.3 is 5.97 Å². The molecule has 1 amide bonds. The molecule has 0 aromatic heterocycles. The number of rotatable bonds is 8. The second-order valence-electron chi connectivity index (χ2n) is 5.73. The second-order valence-corrected chi connectivity index (χ2v) is 7.59. The van der Waals surface area contributed by atoms with Crippen LogP contribution in [0.25, 0.3) is 6.08 Å². The standard InChI is InChI=1S/C20H22N2O6S/c1-4-28-19(23)12-7-14-5-9-16(10-6-14)22-20(24)15-8-11-17(27-3)18(13-15)29(25,26)21-2/h5-13,21H,4H2,1-3H3,(H,22,24)/b12-7+. The maximum atomic E-state index is 12.5. The van der Waals surface area contributed by atoms with Crippen molar-refractivity contribution < 1.29 is 27.5 Å². The summed E-state index contributed by atoms with van der Waals surface area (Å²) in [5.41, 5.74) is 1.42. The van der Waals surface area contributed by atoms with E-state index in [0.717, 1.165) is 5.56 Å². The van der Waals surface area contributed by atoms with Gasteiger partial charge in [0.1, 0.15) is 10.6 Å². The summed E-state index contributed by atoms with van der Waals surface area (Å²) in [5, 5.41) is 2.69. The molecule has 0 aliphatic carbocycles. The van der Waals surface area contributed by atoms with Crippen LogP contribution in [0.1, 0.15) is 22.8 Å². The van der Waals surface area contributed by atoms with Gasteiger partial charge in [-0.2, -0.15) is 0 Å². The van der Waals surface area contributed by atoms with E-state index in [-0.39, 0.29) is 16.2 Å². The van der Waals surface area contributed by atoms with Gasteiger partial charge in [-0.1, -0.05) is 12.1 Å². The fourth-order valence-electron chi connectivity index (χ4n) is 2.37. The molecule has 0 spiro atoms. The number of carbonyl (C=O) groups is 2. The van der Waals surface area contributed by atoms with Crippen LogP contribution in [0.4, 0.5) is 5.69 Å². The van der Waals surface area contributed by atoms with Gasteiger partial charge in [-0.15, -0.1) is 0 Å². The molecule has 0 unspecified atom stereocenters. The maximum absolute atomic E-state index is 12.5. The van der Waals surface area contributed by atoms with Crippen molar-refractivity contribution in [3.8, 4) is 5.75 Å². The minimum absolute atomic E-state index is 0.130. The zero-order valence-corrected chi connectivity index (χ0v) is 17.1. The molecule has 2 aromatic rings. The summed E-state index contributed by atoms with van der Waals surface area (Å²) in [7, 11) is -1.17. The van der Waals surface area contributed by atoms with Crippen molar-refractivity contribution in [2.75, 3.05) is 26.1 Å². The fraction of sp³-hybridized carbons (Fsp3) is 0.200. The summed E-state index contributed by atoms with van der Waals surface area (Å²) in [5.74, 6) is -0.777. The van der Waals surface area contributed by atoms with Crippen molar-refractivity contribution >= 4 is 33.7 Å². The molecule has 0 heterocycles. The summed E-state index contributed by atoms with van der Waals surface area (Å²) in [4.78, 5) is 23.7. The zero-order chi connectivity index (χ0) is 21.4. The Morgan fingerprint density at radius 3 is 2.38 bits per heavy atom. The largest absolute Gasteiger partial charge is 0.495 e. The highest BCUT2D eigenvalue weighted by atomic mass is 32.2. The Hall–Kier alpha value is -3.17. The van der Waals surface area contributed by atoms with E-state index in [1.807, 2.05) is 0 Å². The monoisotopic (exact) mass is 418 g/mol. The van der Waals surface area contributed by atoms with Crippen molar-refractivity contribution in [1.29, 1.82) is 0 Å². The summed E-state index contributed by atoms with van der Waals surface area (Å²) in [6.45, 7) is 2.03. The SMILES string of the molecule is CCOC(=O)/C=C/c1ccc(NC(=O)c2ccc(OC)c(S(=O)(=O)NC)c2)cc1. The number of benzene rings is 2. The number of ether oxygens (including phenoxy) is 2. The second kappa shape index (κ2) is 9.85. The molecule has 0 fully saturated rings. The number of hydrogen-bond acceptors (Lipinski definition) is 6. The van der Waals surface area contributed by atoms with Gasteiger partial charge in [0.2, 0.25) is 10.0 Å². The predicted octanol–water partition coefficient (Wildman–Crippen LogP) is 2.43. The van der Waals surface area contributed by atoms with Crippen LogP contribution >= 0.6 is 0 Å². The number of hydrogen-bond donors (Lipinski definition) is 2. The molecule has 2 rings (SSSR count). The minimum atomic E-state index is -3.79. The lowest BCUT2D eigenvalue weighted by Gasteiger charge is -2.11. The molecular formula is C20H22N2O6S. The van der Waals surface area contributed by atoms with Gasteiger partial charge in [0.05, 0.1) is 13.7 Å². The topological polar surface area (TPSA) is 111 Å². The van der Waals surface area contributed by atoms with Crippen molar-refractivity contribution in [2.45, 2.75) is 11.8 Å². The first-order valence-electron chi connectivity index (χ1n) is 8.68. The molecule has 8 nitrogen and oxygen atoms in total. The molecule has 0 atom stereocenters. The number of amides is 1. The van der Waals surface area contributed by atoms with Gasteiger partial charge < -0.3 is 14.8 Å². The number of sulfonamides is 1. The van der Waals surface area contributed by atoms with E-state index in [4.69, 9.17) is 9.47 Å². The summed E-state index contributed by atoms with van der Waals surface area (Å²) in [6, 6.07) is 10.9. The van der Waals surface area contributed by atoms with Crippen LogP contribution in [-0.4, -0.2) is 41.1 Å². The first-order valence-corrected chi connectivity index (χ1v) is 10.2. The molecule has 0 radical (unpaired) electrons. The Balaban J connectivity index is 2.16. The zero-order valence-electron chi connectivity index (χ0n) is 16.3. The molecule has 29 heavy (non-hydrogen) atoms. The molecule has 0 bridgehead atoms. The van der Waals surface area contributed by atoms with Crippen molar-refractivity contribution in [3.63, 3.8) is 0 Å². The Bertz CT molecular complexity index is 1010. The van der Waals surface area contributed by atoms with Crippen LogP contribution in [0, 0.1) is 0 Å². The van der Waals surface area contributed by atoms with Crippen LogP contribution in [0.15, 0.2) is 53.4 Å². The normalized spacial score (nSPS) is 11.3. The average Bonchev–Trinajstić information content (AvgIpc) is 2.73. The Labute approximate surface area is 169 Å². The first-order chi connectivity index (χ1) is 13.8. The molecule has 9 heteroatoms. The van der Waals surface area contributed by atoms with Gasteiger partial charge in [0, 0.05) is 17.3 Å². The number of carbonyl (C=O) groups excluding carboxylic acids is 2. The van der Waals surface area contributed by atoms with Gasteiger partial charge in [-0.05, 0) is 55.9 Å². The van der Waals surface area contributed by atoms with E-state index >= 15 is 0 Å². The average molecular weight is 418 g/mol. The van der Waals surface area contributed by atoms with E-state index in [1.54, 1.807) is 37.3 Å². The smallest absolute Gasteiger partial charge is 0.330 e. The molecule has 2 aromatic carbocycles. The van der Waals surface area contributed by atoms with Crippen LogP contribution in [0.5, 0.6) is 5.75 Å². The molecule has 0 saturated carbocycles. The third kappa shape index (κ3) is 5.90. The van der Waals surface area contributed by atoms with Crippen molar-refractivity contribution in [3.05, 3.63) is 59.7 Å². The number of esters is 1. The maximum Gasteiger partial charge on any atom is 0.330 e. The summed E-state index contributed by atoms with van der Waals surface area (Å²) >= 11 is 0. The molecule has 154 valence electrons. The molecule has 0 aliphatic heterocycles. The lowest BCUT2D eigenvalue weighted by Crippen LogP contribution is -2.20. The van der Waals surface area contributed by atoms with E-state index in [0.29, 0.717) is 12.3 Å². The Kier molecular flexibility index (Phi) is 7.52. The minimum Gasteiger partial charge on any atom is -0.495 e. The van der Waals surface area contributed by atoms with Crippen molar-refractivity contribution in [1.82, 2.24) is 4.72 Å². The number of nitrogens with one attached hydrogen (secondary N) is 2. The molecule has 2 N–H and O–H groups in total. The molecule has 0 aliphatic rings. The van der Waals surface area contributed by atoms with Crippen LogP contribution in [0.2, 0.25) is 0 Å². The summed E-state index contributed by atoms with van der Waals surface area (Å²) in [6.07, 6.45) is 2.92. The highest BCUT2D eigenvalue weighted by Crippen LogP contribution is 2.25. The fourth-order valence-corrected chi connectivity index (χ4v) is 3.29. The summed E-state index contributed by atoms with van der Waals surface area (Å²) < 4.78 is 36.4. The van der Waals surface area contributed by atoms with E-state index in [1.165, 1.54) is 38.4 Å². The van der Waals surface area contributed by atoms with Gasteiger partial charge in [0.25, 0.3) is 5.91 Å². The van der Waals surface area contributed by atoms with Crippen LogP contribution in [0.3, 0.4) is 0 Å². The predicted molar refractivity (Wildman–Crippen MR) is 109 cm³/mol. The van der Waals surface area contributed by atoms with Crippen LogP contribution in [-0.2, 0) is 19.6 Å². The number of anilines is 1. The lowest BCUT2D eigenvalue weighted by atomic mass is 10.1. The van der Waals surface area contributed by atoms with Crippen LogP contribution < -0.4 is 14.8 Å². The third-order valence-corrected chi connectivity index (χ3v) is 5.29. The van der Waals surface area contributed by atoms with Gasteiger partial charge in [0.15, 0.2) is 0 Å². The van der Waals surface area contributed by atoms with E-state index in [9.17, 15) is 18.0 Å². The van der Waals surface area contributed by atoms with Gasteiger partial charge in [-0.3, -0.25) is 4.79 Å².